The number of pyridine rings is 1. The maximum Gasteiger partial charge on any atom is 0.243 e. The summed E-state index contributed by atoms with van der Waals surface area (Å²) in [7, 11) is 3.52. The third kappa shape index (κ3) is 7.94. The zero-order valence-corrected chi connectivity index (χ0v) is 19.8. The van der Waals surface area contributed by atoms with Gasteiger partial charge in [-0.3, -0.25) is 9.69 Å². The zero-order chi connectivity index (χ0) is 22.8. The van der Waals surface area contributed by atoms with Gasteiger partial charge in [-0.2, -0.15) is 0 Å². The maximum atomic E-state index is 12.0. The molecule has 2 saturated heterocycles. The smallest absolute Gasteiger partial charge is 0.243 e. The molecule has 2 aliphatic rings. The molecular weight excluding hydrogens is 406 g/mol. The number of piperidine rings is 1. The molecule has 3 rings (SSSR count). The summed E-state index contributed by atoms with van der Waals surface area (Å²) in [6.45, 7) is 9.61. The van der Waals surface area contributed by atoms with Crippen LogP contribution < -0.4 is 15.5 Å². The van der Waals surface area contributed by atoms with Crippen molar-refractivity contribution in [3.05, 3.63) is 23.9 Å². The van der Waals surface area contributed by atoms with E-state index in [1.807, 2.05) is 13.0 Å². The van der Waals surface area contributed by atoms with Gasteiger partial charge in [0.1, 0.15) is 12.4 Å². The van der Waals surface area contributed by atoms with Gasteiger partial charge in [0, 0.05) is 58.6 Å². The highest BCUT2D eigenvalue weighted by Gasteiger charge is 2.21. The third-order valence-corrected chi connectivity index (χ3v) is 5.95. The highest BCUT2D eigenvalue weighted by molar-refractivity contribution is 5.84. The fraction of sp³-hybridized carbons (Fsp3) is 0.696. The molecule has 1 aromatic heterocycles. The van der Waals surface area contributed by atoms with E-state index >= 15 is 0 Å². The van der Waals surface area contributed by atoms with Crippen molar-refractivity contribution >= 4 is 17.7 Å². The molecule has 0 unspecified atom stereocenters. The van der Waals surface area contributed by atoms with Gasteiger partial charge < -0.3 is 25.2 Å². The largest absolute Gasteiger partial charge is 0.379 e. The zero-order valence-electron chi connectivity index (χ0n) is 19.8. The van der Waals surface area contributed by atoms with Crippen LogP contribution in [0.1, 0.15) is 25.0 Å². The number of anilines is 1. The first-order valence-corrected chi connectivity index (χ1v) is 11.7. The average molecular weight is 446 g/mol. The number of morpholine rings is 1. The van der Waals surface area contributed by atoms with Gasteiger partial charge in [-0.05, 0) is 44.9 Å². The van der Waals surface area contributed by atoms with Crippen LogP contribution in [-0.2, 0) is 9.53 Å². The number of guanidine groups is 1. The van der Waals surface area contributed by atoms with E-state index in [1.54, 1.807) is 19.0 Å². The fourth-order valence-electron chi connectivity index (χ4n) is 3.93. The van der Waals surface area contributed by atoms with Crippen LogP contribution in [0.4, 0.5) is 5.82 Å². The van der Waals surface area contributed by atoms with Gasteiger partial charge in [0.05, 0.1) is 13.2 Å². The van der Waals surface area contributed by atoms with Crippen molar-refractivity contribution in [3.63, 3.8) is 0 Å². The Labute approximate surface area is 192 Å². The molecule has 1 aromatic rings. The molecule has 9 heteroatoms. The second-order valence-electron chi connectivity index (χ2n) is 8.73. The van der Waals surface area contributed by atoms with Crippen molar-refractivity contribution in [2.24, 2.45) is 4.99 Å². The Hall–Kier alpha value is -2.39. The standard InChI is InChI=1S/C23H39N7O2/c1-19-6-4-7-21(26-19)30-12-8-20(9-13-30)27-23(25-18-22(31)28(2)3)24-10-5-11-29-14-16-32-17-15-29/h4,6-7,20H,5,8-18H2,1-3H3,(H2,24,25,27). The van der Waals surface area contributed by atoms with Crippen molar-refractivity contribution in [2.45, 2.75) is 32.2 Å². The Kier molecular flexibility index (Phi) is 9.55. The van der Waals surface area contributed by atoms with E-state index in [9.17, 15) is 4.79 Å². The summed E-state index contributed by atoms with van der Waals surface area (Å²) in [6, 6.07) is 6.50. The first-order chi connectivity index (χ1) is 15.5. The molecule has 0 atom stereocenters. The minimum atomic E-state index is -0.000224. The second kappa shape index (κ2) is 12.6. The Morgan fingerprint density at radius 3 is 2.66 bits per heavy atom. The fourth-order valence-corrected chi connectivity index (χ4v) is 3.93. The Morgan fingerprint density at radius 1 is 1.22 bits per heavy atom. The van der Waals surface area contributed by atoms with E-state index in [0.717, 1.165) is 89.2 Å². The van der Waals surface area contributed by atoms with Crippen LogP contribution in [0.2, 0.25) is 0 Å². The molecule has 9 nitrogen and oxygen atoms in total. The van der Waals surface area contributed by atoms with E-state index in [2.05, 4.69) is 42.5 Å². The highest BCUT2D eigenvalue weighted by Crippen LogP contribution is 2.18. The second-order valence-corrected chi connectivity index (χ2v) is 8.73. The van der Waals surface area contributed by atoms with E-state index < -0.39 is 0 Å². The van der Waals surface area contributed by atoms with Crippen molar-refractivity contribution < 1.29 is 9.53 Å². The van der Waals surface area contributed by atoms with Crippen LogP contribution in [0.3, 0.4) is 0 Å². The van der Waals surface area contributed by atoms with Gasteiger partial charge in [-0.25, -0.2) is 9.98 Å². The number of rotatable bonds is 8. The summed E-state index contributed by atoms with van der Waals surface area (Å²) in [5, 5.41) is 7.00. The van der Waals surface area contributed by atoms with Gasteiger partial charge in [0.25, 0.3) is 0 Å². The topological polar surface area (TPSA) is 85.3 Å². The van der Waals surface area contributed by atoms with E-state index in [4.69, 9.17) is 4.74 Å². The van der Waals surface area contributed by atoms with Gasteiger partial charge in [-0.1, -0.05) is 6.07 Å². The SMILES string of the molecule is Cc1cccc(N2CCC(NC(=NCC(=O)N(C)C)NCCCN3CCOCC3)CC2)n1. The molecule has 178 valence electrons. The lowest BCUT2D eigenvalue weighted by molar-refractivity contribution is -0.127. The van der Waals surface area contributed by atoms with E-state index in [-0.39, 0.29) is 12.5 Å². The molecule has 32 heavy (non-hydrogen) atoms. The highest BCUT2D eigenvalue weighted by atomic mass is 16.5. The van der Waals surface area contributed by atoms with Crippen LogP contribution in [-0.4, -0.2) is 106 Å². The van der Waals surface area contributed by atoms with Gasteiger partial charge >= 0.3 is 0 Å². The summed E-state index contributed by atoms with van der Waals surface area (Å²) in [5.74, 6) is 1.78. The number of amides is 1. The molecule has 0 radical (unpaired) electrons. The lowest BCUT2D eigenvalue weighted by atomic mass is 10.1. The Morgan fingerprint density at radius 2 is 1.97 bits per heavy atom. The number of hydrogen-bond donors (Lipinski definition) is 2. The molecule has 0 aromatic carbocycles. The minimum Gasteiger partial charge on any atom is -0.379 e. The number of hydrogen-bond acceptors (Lipinski definition) is 6. The Balaban J connectivity index is 1.48. The van der Waals surface area contributed by atoms with Crippen molar-refractivity contribution in [2.75, 3.05) is 78.0 Å². The van der Waals surface area contributed by atoms with Crippen LogP contribution in [0.5, 0.6) is 0 Å². The third-order valence-electron chi connectivity index (χ3n) is 5.95. The van der Waals surface area contributed by atoms with Crippen LogP contribution in [0.25, 0.3) is 0 Å². The summed E-state index contributed by atoms with van der Waals surface area (Å²) in [4.78, 5) is 27.6. The van der Waals surface area contributed by atoms with Gasteiger partial charge in [0.2, 0.25) is 5.91 Å². The minimum absolute atomic E-state index is 0.000224. The van der Waals surface area contributed by atoms with Crippen molar-refractivity contribution in [1.82, 2.24) is 25.4 Å². The van der Waals surface area contributed by atoms with Gasteiger partial charge in [-0.15, -0.1) is 0 Å². The number of nitrogens with zero attached hydrogens (tertiary/aromatic N) is 5. The number of likely N-dealkylation sites (N-methyl/N-ethyl adjacent to an activating group) is 1. The lowest BCUT2D eigenvalue weighted by Gasteiger charge is -2.34. The lowest BCUT2D eigenvalue weighted by Crippen LogP contribution is -2.49. The number of carbonyl (C=O) groups excluding carboxylic acids is 1. The molecule has 1 amide bonds. The molecule has 0 aliphatic carbocycles. The summed E-state index contributed by atoms with van der Waals surface area (Å²) < 4.78 is 5.41. The first kappa shape index (κ1) is 24.3. The number of nitrogens with one attached hydrogen (secondary N) is 2. The van der Waals surface area contributed by atoms with Crippen LogP contribution in [0, 0.1) is 6.92 Å². The first-order valence-electron chi connectivity index (χ1n) is 11.7. The van der Waals surface area contributed by atoms with Crippen molar-refractivity contribution in [3.8, 4) is 0 Å². The summed E-state index contributed by atoms with van der Waals surface area (Å²) >= 11 is 0. The average Bonchev–Trinajstić information content (AvgIpc) is 2.81. The molecule has 2 aliphatic heterocycles. The molecule has 0 spiro atoms. The molecule has 0 bridgehead atoms. The monoisotopic (exact) mass is 445 g/mol. The number of aromatic nitrogens is 1. The molecule has 2 fully saturated rings. The number of aryl methyl sites for hydroxylation is 1. The predicted molar refractivity (Wildman–Crippen MR) is 128 cm³/mol. The number of aliphatic imine (C=N–C) groups is 1. The van der Waals surface area contributed by atoms with E-state index in [1.165, 1.54) is 0 Å². The molecule has 3 heterocycles. The molecule has 2 N–H and O–H groups in total. The molecular formula is C23H39N7O2. The normalized spacial score (nSPS) is 18.5. The van der Waals surface area contributed by atoms with Crippen molar-refractivity contribution in [1.29, 1.82) is 0 Å². The van der Waals surface area contributed by atoms with Gasteiger partial charge in [0.15, 0.2) is 5.96 Å². The summed E-state index contributed by atoms with van der Waals surface area (Å²) in [5.41, 5.74) is 1.05. The summed E-state index contributed by atoms with van der Waals surface area (Å²) in [6.07, 6.45) is 3.04. The number of carbonyl (C=O) groups is 1. The number of ether oxygens (including phenoxy) is 1. The quantitative estimate of drug-likeness (QED) is 0.346. The Bertz CT molecular complexity index is 742. The maximum absolute atomic E-state index is 12.0. The molecule has 0 saturated carbocycles. The van der Waals surface area contributed by atoms with Crippen LogP contribution >= 0.6 is 0 Å². The predicted octanol–water partition coefficient (Wildman–Crippen LogP) is 0.705. The van der Waals surface area contributed by atoms with E-state index in [0.29, 0.717) is 6.04 Å². The van der Waals surface area contributed by atoms with Crippen LogP contribution in [0.15, 0.2) is 23.2 Å².